The summed E-state index contributed by atoms with van der Waals surface area (Å²) in [5.41, 5.74) is 1.56. The number of hydrogen-bond acceptors (Lipinski definition) is 4. The molecule has 2 aromatic heterocycles. The second-order valence-electron chi connectivity index (χ2n) is 3.41. The zero-order chi connectivity index (χ0) is 10.8. The van der Waals surface area contributed by atoms with Crippen molar-refractivity contribution in [3.63, 3.8) is 0 Å². The lowest BCUT2D eigenvalue weighted by molar-refractivity contribution is 0.0380. The van der Waals surface area contributed by atoms with Crippen LogP contribution in [0.4, 0.5) is 0 Å². The van der Waals surface area contributed by atoms with Crippen LogP contribution in [0, 0.1) is 0 Å². The van der Waals surface area contributed by atoms with E-state index in [-0.39, 0.29) is 12.1 Å². The first-order valence-electron chi connectivity index (χ1n) is 4.67. The van der Waals surface area contributed by atoms with Gasteiger partial charge in [-0.1, -0.05) is 0 Å². The molecule has 0 saturated heterocycles. The number of carbonyl (C=O) groups is 1. The van der Waals surface area contributed by atoms with Gasteiger partial charge in [-0.3, -0.25) is 4.98 Å². The van der Waals surface area contributed by atoms with E-state index in [2.05, 4.69) is 15.0 Å². The van der Waals surface area contributed by atoms with Crippen LogP contribution in [0.5, 0.6) is 0 Å². The minimum Gasteiger partial charge on any atom is -0.459 e. The van der Waals surface area contributed by atoms with E-state index in [0.717, 1.165) is 0 Å². The lowest BCUT2D eigenvalue weighted by Crippen LogP contribution is -2.11. The first-order valence-corrected chi connectivity index (χ1v) is 4.67. The number of H-pyrrole nitrogens is 1. The Morgan fingerprint density at radius 3 is 2.87 bits per heavy atom. The number of aromatic amines is 1. The molecule has 2 heterocycles. The van der Waals surface area contributed by atoms with Gasteiger partial charge in [0.15, 0.2) is 5.65 Å². The smallest absolute Gasteiger partial charge is 0.342 e. The largest absolute Gasteiger partial charge is 0.459 e. The normalized spacial score (nSPS) is 10.9. The monoisotopic (exact) mass is 205 g/mol. The van der Waals surface area contributed by atoms with Crippen LogP contribution in [0.3, 0.4) is 0 Å². The molecule has 1 N–H and O–H groups in total. The standard InChI is InChI=1S/C10H11N3O2/c1-6(2)15-10(14)7-5-13-9-8(7)11-3-4-12-9/h3-6H,1-2H3,(H,12,13). The Bertz CT molecular complexity index is 490. The minimum atomic E-state index is -0.378. The zero-order valence-electron chi connectivity index (χ0n) is 8.52. The van der Waals surface area contributed by atoms with Gasteiger partial charge >= 0.3 is 5.97 Å². The van der Waals surface area contributed by atoms with Crippen molar-refractivity contribution in [1.29, 1.82) is 0 Å². The lowest BCUT2D eigenvalue weighted by Gasteiger charge is -2.05. The van der Waals surface area contributed by atoms with E-state index in [9.17, 15) is 4.79 Å². The van der Waals surface area contributed by atoms with E-state index < -0.39 is 0 Å². The van der Waals surface area contributed by atoms with Crippen LogP contribution in [0.15, 0.2) is 18.6 Å². The molecule has 0 fully saturated rings. The summed E-state index contributed by atoms with van der Waals surface area (Å²) in [6.45, 7) is 3.61. The third-order valence-corrected chi connectivity index (χ3v) is 1.87. The number of aromatic nitrogens is 3. The van der Waals surface area contributed by atoms with Gasteiger partial charge in [0.1, 0.15) is 11.1 Å². The van der Waals surface area contributed by atoms with Crippen LogP contribution in [0.25, 0.3) is 11.2 Å². The third kappa shape index (κ3) is 1.81. The molecule has 0 aliphatic carbocycles. The highest BCUT2D eigenvalue weighted by atomic mass is 16.5. The summed E-state index contributed by atoms with van der Waals surface area (Å²) in [4.78, 5) is 22.6. The summed E-state index contributed by atoms with van der Waals surface area (Å²) in [7, 11) is 0. The first kappa shape index (κ1) is 9.64. The molecule has 5 nitrogen and oxygen atoms in total. The van der Waals surface area contributed by atoms with E-state index in [1.807, 2.05) is 0 Å². The summed E-state index contributed by atoms with van der Waals surface area (Å²) in [5, 5.41) is 0. The molecule has 0 radical (unpaired) electrons. The number of fused-ring (bicyclic) bond motifs is 1. The maximum absolute atomic E-state index is 11.6. The molecule has 0 unspecified atom stereocenters. The van der Waals surface area contributed by atoms with Gasteiger partial charge in [-0.2, -0.15) is 0 Å². The maximum atomic E-state index is 11.6. The molecular formula is C10H11N3O2. The molecule has 0 saturated carbocycles. The molecule has 0 aliphatic rings. The second kappa shape index (κ2) is 3.68. The molecule has 0 amide bonds. The number of esters is 1. The number of rotatable bonds is 2. The van der Waals surface area contributed by atoms with Gasteiger partial charge in [-0.25, -0.2) is 9.78 Å². The van der Waals surface area contributed by atoms with Crippen LogP contribution >= 0.6 is 0 Å². The molecule has 0 spiro atoms. The van der Waals surface area contributed by atoms with Crippen LogP contribution in [-0.4, -0.2) is 27.0 Å². The molecule has 0 aliphatic heterocycles. The van der Waals surface area contributed by atoms with Crippen molar-refractivity contribution in [2.75, 3.05) is 0 Å². The van der Waals surface area contributed by atoms with Crippen molar-refractivity contribution in [3.05, 3.63) is 24.2 Å². The van der Waals surface area contributed by atoms with Crippen LogP contribution in [0.2, 0.25) is 0 Å². The highest BCUT2D eigenvalue weighted by molar-refractivity contribution is 6.01. The lowest BCUT2D eigenvalue weighted by atomic mass is 10.3. The summed E-state index contributed by atoms with van der Waals surface area (Å²) in [6.07, 6.45) is 4.54. The molecule has 0 aromatic carbocycles. The fraction of sp³-hybridized carbons (Fsp3) is 0.300. The molecule has 5 heteroatoms. The van der Waals surface area contributed by atoms with Gasteiger partial charge in [0.25, 0.3) is 0 Å². The van der Waals surface area contributed by atoms with Gasteiger partial charge in [0.2, 0.25) is 0 Å². The maximum Gasteiger partial charge on any atom is 0.342 e. The SMILES string of the molecule is CC(C)OC(=O)c1c[nH]c2nccnc12. The van der Waals surface area contributed by atoms with Gasteiger partial charge in [-0.15, -0.1) is 0 Å². The van der Waals surface area contributed by atoms with Crippen molar-refractivity contribution in [2.45, 2.75) is 20.0 Å². The van der Waals surface area contributed by atoms with E-state index in [1.165, 1.54) is 0 Å². The fourth-order valence-corrected chi connectivity index (χ4v) is 1.28. The van der Waals surface area contributed by atoms with Crippen LogP contribution in [-0.2, 0) is 4.74 Å². The van der Waals surface area contributed by atoms with Crippen molar-refractivity contribution in [3.8, 4) is 0 Å². The minimum absolute atomic E-state index is 0.140. The van der Waals surface area contributed by atoms with E-state index in [4.69, 9.17) is 4.74 Å². The van der Waals surface area contributed by atoms with Gasteiger partial charge < -0.3 is 9.72 Å². The average molecular weight is 205 g/mol. The Hall–Kier alpha value is -1.91. The van der Waals surface area contributed by atoms with Crippen molar-refractivity contribution < 1.29 is 9.53 Å². The topological polar surface area (TPSA) is 67.9 Å². The number of carbonyl (C=O) groups excluding carboxylic acids is 1. The predicted molar refractivity (Wildman–Crippen MR) is 54.4 cm³/mol. The fourth-order valence-electron chi connectivity index (χ4n) is 1.28. The quantitative estimate of drug-likeness (QED) is 0.755. The van der Waals surface area contributed by atoms with Crippen molar-refractivity contribution in [2.24, 2.45) is 0 Å². The molecule has 2 aromatic rings. The van der Waals surface area contributed by atoms with E-state index in [0.29, 0.717) is 16.7 Å². The number of nitrogens with zero attached hydrogens (tertiary/aromatic N) is 2. The van der Waals surface area contributed by atoms with Gasteiger partial charge in [-0.05, 0) is 13.8 Å². The highest BCUT2D eigenvalue weighted by Gasteiger charge is 2.15. The van der Waals surface area contributed by atoms with Crippen LogP contribution in [0.1, 0.15) is 24.2 Å². The van der Waals surface area contributed by atoms with Gasteiger partial charge in [0.05, 0.1) is 6.10 Å². The molecular weight excluding hydrogens is 194 g/mol. The molecule has 78 valence electrons. The Kier molecular flexibility index (Phi) is 2.37. The molecule has 2 rings (SSSR count). The predicted octanol–water partition coefficient (Wildman–Crippen LogP) is 1.52. The van der Waals surface area contributed by atoms with Crippen molar-refractivity contribution >= 4 is 17.1 Å². The first-order chi connectivity index (χ1) is 7.18. The average Bonchev–Trinajstić information content (AvgIpc) is 2.59. The summed E-state index contributed by atoms with van der Waals surface area (Å²) in [6, 6.07) is 0. The Labute approximate surface area is 86.5 Å². The Balaban J connectivity index is 2.40. The third-order valence-electron chi connectivity index (χ3n) is 1.87. The van der Waals surface area contributed by atoms with Crippen LogP contribution < -0.4 is 0 Å². The van der Waals surface area contributed by atoms with Crippen molar-refractivity contribution in [1.82, 2.24) is 15.0 Å². The summed E-state index contributed by atoms with van der Waals surface area (Å²) in [5.74, 6) is -0.378. The molecule has 0 atom stereocenters. The Morgan fingerprint density at radius 2 is 2.13 bits per heavy atom. The highest BCUT2D eigenvalue weighted by Crippen LogP contribution is 2.14. The molecule has 0 bridgehead atoms. The number of ether oxygens (including phenoxy) is 1. The van der Waals surface area contributed by atoms with Gasteiger partial charge in [0, 0.05) is 18.6 Å². The van der Waals surface area contributed by atoms with E-state index >= 15 is 0 Å². The molecule has 15 heavy (non-hydrogen) atoms. The zero-order valence-corrected chi connectivity index (χ0v) is 8.52. The second-order valence-corrected chi connectivity index (χ2v) is 3.41. The number of nitrogens with one attached hydrogen (secondary N) is 1. The Morgan fingerprint density at radius 1 is 1.40 bits per heavy atom. The van der Waals surface area contributed by atoms with E-state index in [1.54, 1.807) is 32.4 Å². The summed E-state index contributed by atoms with van der Waals surface area (Å²) >= 11 is 0. The summed E-state index contributed by atoms with van der Waals surface area (Å²) < 4.78 is 5.08. The number of hydrogen-bond donors (Lipinski definition) is 1.